The maximum atomic E-state index is 5.39. The van der Waals surface area contributed by atoms with E-state index in [1.165, 1.54) is 10.4 Å². The first-order valence-corrected chi connectivity index (χ1v) is 8.14. The van der Waals surface area contributed by atoms with E-state index in [4.69, 9.17) is 9.47 Å². The van der Waals surface area contributed by atoms with E-state index < -0.39 is 0 Å². The lowest BCUT2D eigenvalue weighted by atomic mass is 10.0. The van der Waals surface area contributed by atoms with Gasteiger partial charge < -0.3 is 14.8 Å². The first-order chi connectivity index (χ1) is 10.3. The number of hydrogen-bond donors (Lipinski definition) is 1. The topological polar surface area (TPSA) is 30.5 Å². The van der Waals surface area contributed by atoms with Crippen LogP contribution in [0.15, 0.2) is 35.7 Å². The highest BCUT2D eigenvalue weighted by Crippen LogP contribution is 2.30. The molecule has 21 heavy (non-hydrogen) atoms. The first kappa shape index (κ1) is 15.9. The van der Waals surface area contributed by atoms with E-state index >= 15 is 0 Å². The summed E-state index contributed by atoms with van der Waals surface area (Å²) >= 11 is 1.80. The lowest BCUT2D eigenvalue weighted by Gasteiger charge is -2.18. The Labute approximate surface area is 130 Å². The second-order valence-electron chi connectivity index (χ2n) is 4.92. The number of nitrogens with one attached hydrogen (secondary N) is 1. The molecule has 1 aromatic carbocycles. The molecule has 2 aromatic rings. The van der Waals surface area contributed by atoms with Crippen molar-refractivity contribution < 1.29 is 9.47 Å². The van der Waals surface area contributed by atoms with Crippen molar-refractivity contribution in [1.29, 1.82) is 0 Å². The Morgan fingerprint density at radius 2 is 1.95 bits per heavy atom. The summed E-state index contributed by atoms with van der Waals surface area (Å²) in [4.78, 5) is 1.37. The summed E-state index contributed by atoms with van der Waals surface area (Å²) in [6.45, 7) is 3.21. The highest BCUT2D eigenvalue weighted by atomic mass is 32.1. The molecule has 0 saturated heterocycles. The van der Waals surface area contributed by atoms with Crippen molar-refractivity contribution in [3.05, 3.63) is 46.2 Å². The molecule has 1 atom stereocenters. The number of methoxy groups -OCH3 is 2. The highest BCUT2D eigenvalue weighted by molar-refractivity contribution is 7.10. The second-order valence-corrected chi connectivity index (χ2v) is 5.89. The predicted molar refractivity (Wildman–Crippen MR) is 88.6 cm³/mol. The van der Waals surface area contributed by atoms with Gasteiger partial charge in [-0.2, -0.15) is 0 Å². The van der Waals surface area contributed by atoms with Gasteiger partial charge in [0.05, 0.1) is 14.2 Å². The fourth-order valence-corrected chi connectivity index (χ4v) is 3.13. The summed E-state index contributed by atoms with van der Waals surface area (Å²) in [6, 6.07) is 10.8. The maximum absolute atomic E-state index is 5.39. The number of hydrogen-bond acceptors (Lipinski definition) is 4. The molecular weight excluding hydrogens is 282 g/mol. The number of thiophene rings is 1. The molecule has 0 amide bonds. The fraction of sp³-hybridized carbons (Fsp3) is 0.412. The van der Waals surface area contributed by atoms with Crippen LogP contribution in [0.25, 0.3) is 0 Å². The summed E-state index contributed by atoms with van der Waals surface area (Å²) in [5.41, 5.74) is 1.25. The third-order valence-electron chi connectivity index (χ3n) is 3.42. The van der Waals surface area contributed by atoms with Gasteiger partial charge in [0.15, 0.2) is 11.5 Å². The van der Waals surface area contributed by atoms with Crippen LogP contribution in [0, 0.1) is 0 Å². The molecular formula is C17H23NO2S. The Hall–Kier alpha value is -1.52. The van der Waals surface area contributed by atoms with Crippen molar-refractivity contribution in [2.24, 2.45) is 0 Å². The molecule has 3 nitrogen and oxygen atoms in total. The molecule has 0 fully saturated rings. The lowest BCUT2D eigenvalue weighted by molar-refractivity contribution is 0.354. The van der Waals surface area contributed by atoms with E-state index in [1.54, 1.807) is 25.6 Å². The smallest absolute Gasteiger partial charge is 0.160 e. The van der Waals surface area contributed by atoms with Gasteiger partial charge in [0, 0.05) is 10.9 Å². The van der Waals surface area contributed by atoms with E-state index in [1.807, 2.05) is 6.07 Å². The molecule has 0 spiro atoms. The minimum Gasteiger partial charge on any atom is -0.493 e. The van der Waals surface area contributed by atoms with Crippen LogP contribution in [0.1, 0.15) is 29.8 Å². The molecule has 1 heterocycles. The molecule has 0 bridgehead atoms. The van der Waals surface area contributed by atoms with Crippen LogP contribution in [0.5, 0.6) is 11.5 Å². The van der Waals surface area contributed by atoms with Gasteiger partial charge in [-0.1, -0.05) is 19.1 Å². The zero-order valence-electron chi connectivity index (χ0n) is 12.9. The van der Waals surface area contributed by atoms with E-state index in [2.05, 4.69) is 41.9 Å². The van der Waals surface area contributed by atoms with Crippen LogP contribution in [0.2, 0.25) is 0 Å². The Morgan fingerprint density at radius 3 is 2.57 bits per heavy atom. The van der Waals surface area contributed by atoms with E-state index in [-0.39, 0.29) is 0 Å². The quantitative estimate of drug-likeness (QED) is 0.798. The van der Waals surface area contributed by atoms with Crippen LogP contribution < -0.4 is 14.8 Å². The SMILES string of the molecule is CCCNC(Cc1ccc(OC)c(OC)c1)c1cccs1. The van der Waals surface area contributed by atoms with Crippen LogP contribution >= 0.6 is 11.3 Å². The second kappa shape index (κ2) is 8.05. The Morgan fingerprint density at radius 1 is 1.14 bits per heavy atom. The van der Waals surface area contributed by atoms with Gasteiger partial charge in [-0.15, -0.1) is 11.3 Å². The summed E-state index contributed by atoms with van der Waals surface area (Å²) in [5, 5.41) is 5.75. The highest BCUT2D eigenvalue weighted by Gasteiger charge is 2.14. The fourth-order valence-electron chi connectivity index (χ4n) is 2.32. The van der Waals surface area contributed by atoms with Crippen molar-refractivity contribution >= 4 is 11.3 Å². The monoisotopic (exact) mass is 305 g/mol. The van der Waals surface area contributed by atoms with Crippen molar-refractivity contribution in [2.75, 3.05) is 20.8 Å². The average molecular weight is 305 g/mol. The van der Waals surface area contributed by atoms with Gasteiger partial charge in [-0.3, -0.25) is 0 Å². The maximum Gasteiger partial charge on any atom is 0.160 e. The van der Waals surface area contributed by atoms with Gasteiger partial charge in [0.2, 0.25) is 0 Å². The molecule has 2 rings (SSSR count). The Balaban J connectivity index is 2.16. The van der Waals surface area contributed by atoms with Crippen molar-refractivity contribution in [1.82, 2.24) is 5.32 Å². The van der Waals surface area contributed by atoms with E-state index in [0.29, 0.717) is 6.04 Å². The van der Waals surface area contributed by atoms with Crippen LogP contribution in [-0.4, -0.2) is 20.8 Å². The lowest BCUT2D eigenvalue weighted by Crippen LogP contribution is -2.23. The summed E-state index contributed by atoms with van der Waals surface area (Å²) in [5.74, 6) is 1.56. The van der Waals surface area contributed by atoms with Gasteiger partial charge >= 0.3 is 0 Å². The first-order valence-electron chi connectivity index (χ1n) is 7.26. The molecule has 0 aliphatic carbocycles. The van der Waals surface area contributed by atoms with Gasteiger partial charge in [-0.05, 0) is 48.5 Å². The summed E-state index contributed by atoms with van der Waals surface area (Å²) < 4.78 is 10.7. The van der Waals surface area contributed by atoms with Gasteiger partial charge in [0.1, 0.15) is 0 Å². The zero-order valence-corrected chi connectivity index (χ0v) is 13.7. The third kappa shape index (κ3) is 4.22. The van der Waals surface area contributed by atoms with Crippen LogP contribution in [-0.2, 0) is 6.42 Å². The molecule has 1 unspecified atom stereocenters. The Bertz CT molecular complexity index is 540. The van der Waals surface area contributed by atoms with Crippen LogP contribution in [0.3, 0.4) is 0 Å². The molecule has 0 radical (unpaired) electrons. The third-order valence-corrected chi connectivity index (χ3v) is 4.40. The van der Waals surface area contributed by atoms with Gasteiger partial charge in [-0.25, -0.2) is 0 Å². The number of benzene rings is 1. The van der Waals surface area contributed by atoms with Crippen molar-refractivity contribution in [2.45, 2.75) is 25.8 Å². The Kier molecular flexibility index (Phi) is 6.08. The molecule has 1 aromatic heterocycles. The summed E-state index contributed by atoms with van der Waals surface area (Å²) in [6.07, 6.45) is 2.08. The molecule has 1 N–H and O–H groups in total. The average Bonchev–Trinajstić information content (AvgIpc) is 3.05. The predicted octanol–water partition coefficient (Wildman–Crippen LogP) is 4.05. The molecule has 114 valence electrons. The normalized spacial score (nSPS) is 12.1. The molecule has 0 aliphatic rings. The minimum absolute atomic E-state index is 0.350. The standard InChI is InChI=1S/C17H23NO2S/c1-4-9-18-14(17-6-5-10-21-17)11-13-7-8-15(19-2)16(12-13)20-3/h5-8,10,12,14,18H,4,9,11H2,1-3H3. The number of ether oxygens (including phenoxy) is 2. The summed E-state index contributed by atoms with van der Waals surface area (Å²) in [7, 11) is 3.34. The van der Waals surface area contributed by atoms with Crippen molar-refractivity contribution in [3.63, 3.8) is 0 Å². The van der Waals surface area contributed by atoms with Crippen molar-refractivity contribution in [3.8, 4) is 11.5 Å². The van der Waals surface area contributed by atoms with Gasteiger partial charge in [0.25, 0.3) is 0 Å². The van der Waals surface area contributed by atoms with Crippen LogP contribution in [0.4, 0.5) is 0 Å². The molecule has 4 heteroatoms. The van der Waals surface area contributed by atoms with E-state index in [0.717, 1.165) is 30.9 Å². The molecule has 0 saturated carbocycles. The zero-order chi connectivity index (χ0) is 15.1. The minimum atomic E-state index is 0.350. The largest absolute Gasteiger partial charge is 0.493 e. The van der Waals surface area contributed by atoms with E-state index in [9.17, 15) is 0 Å². The molecule has 0 aliphatic heterocycles. The number of rotatable bonds is 8.